The van der Waals surface area contributed by atoms with Gasteiger partial charge in [0, 0.05) is 0 Å². The second-order valence-corrected chi connectivity index (χ2v) is 10.3. The van der Waals surface area contributed by atoms with Crippen LogP contribution in [0.1, 0.15) is 110 Å². The molecule has 0 saturated heterocycles. The molecule has 3 aliphatic carbocycles. The Morgan fingerprint density at radius 2 is 1.57 bits per heavy atom. The van der Waals surface area contributed by atoms with Crippen LogP contribution in [0, 0.1) is 29.1 Å². The van der Waals surface area contributed by atoms with Crippen LogP contribution in [-0.4, -0.2) is 0 Å². The van der Waals surface area contributed by atoms with Crippen molar-refractivity contribution in [1.29, 1.82) is 0 Å². The van der Waals surface area contributed by atoms with E-state index in [-0.39, 0.29) is 0 Å². The minimum atomic E-state index is 0.484. The van der Waals surface area contributed by atoms with E-state index in [1.807, 2.05) is 0 Å². The van der Waals surface area contributed by atoms with Crippen LogP contribution in [0.5, 0.6) is 0 Å². The Balaban J connectivity index is 1.51. The molecule has 3 saturated carbocycles. The molecule has 3 aliphatic rings. The summed E-state index contributed by atoms with van der Waals surface area (Å²) in [5, 5.41) is 0. The van der Waals surface area contributed by atoms with Crippen LogP contribution in [0.15, 0.2) is 37.0 Å². The van der Waals surface area contributed by atoms with Crippen molar-refractivity contribution >= 4 is 0 Å². The lowest BCUT2D eigenvalue weighted by molar-refractivity contribution is 0.165. The van der Waals surface area contributed by atoms with Gasteiger partial charge in [-0.1, -0.05) is 69.4 Å². The molecule has 0 radical (unpaired) electrons. The van der Waals surface area contributed by atoms with Gasteiger partial charge >= 0.3 is 0 Å². The smallest absolute Gasteiger partial charge is 0.00905 e. The molecule has 0 heterocycles. The number of rotatable bonds is 8. The van der Waals surface area contributed by atoms with Crippen LogP contribution in [-0.2, 0) is 0 Å². The van der Waals surface area contributed by atoms with Gasteiger partial charge in [-0.3, -0.25) is 0 Å². The fraction of sp³-hybridized carbons (Fsp3) is 0.786. The highest BCUT2D eigenvalue weighted by molar-refractivity contribution is 5.17. The van der Waals surface area contributed by atoms with Gasteiger partial charge in [-0.2, -0.15) is 0 Å². The normalized spacial score (nSPS) is 33.6. The van der Waals surface area contributed by atoms with Crippen molar-refractivity contribution in [3.8, 4) is 0 Å². The first-order valence-corrected chi connectivity index (χ1v) is 12.7. The Hall–Kier alpha value is -0.780. The second-order valence-electron chi connectivity index (χ2n) is 10.3. The highest BCUT2D eigenvalue weighted by atomic mass is 14.4. The molecule has 0 aromatic carbocycles. The van der Waals surface area contributed by atoms with Crippen LogP contribution in [0.3, 0.4) is 0 Å². The molecule has 0 aromatic rings. The molecule has 0 spiro atoms. The Morgan fingerprint density at radius 1 is 0.893 bits per heavy atom. The molecule has 158 valence electrons. The van der Waals surface area contributed by atoms with Crippen molar-refractivity contribution < 1.29 is 0 Å². The first-order valence-electron chi connectivity index (χ1n) is 12.7. The van der Waals surface area contributed by atoms with Crippen molar-refractivity contribution in [2.24, 2.45) is 29.1 Å². The summed E-state index contributed by atoms with van der Waals surface area (Å²) in [6.07, 6.45) is 29.6. The van der Waals surface area contributed by atoms with Crippen molar-refractivity contribution in [2.75, 3.05) is 0 Å². The van der Waals surface area contributed by atoms with E-state index in [9.17, 15) is 0 Å². The van der Waals surface area contributed by atoms with Gasteiger partial charge in [-0.15, -0.1) is 6.58 Å². The molecule has 3 rings (SSSR count). The SMILES string of the molecule is C=CC1CCC(/C=C/CCC2CCCCC2C(=C)C2(CC)CCCCC2)CC1. The summed E-state index contributed by atoms with van der Waals surface area (Å²) in [7, 11) is 0. The van der Waals surface area contributed by atoms with E-state index in [1.54, 1.807) is 5.57 Å². The summed E-state index contributed by atoms with van der Waals surface area (Å²) in [6, 6.07) is 0. The summed E-state index contributed by atoms with van der Waals surface area (Å²) in [4.78, 5) is 0. The van der Waals surface area contributed by atoms with Gasteiger partial charge in [-0.25, -0.2) is 0 Å². The lowest BCUT2D eigenvalue weighted by atomic mass is 9.60. The molecule has 0 aromatic heterocycles. The van der Waals surface area contributed by atoms with E-state index < -0.39 is 0 Å². The van der Waals surface area contributed by atoms with E-state index in [4.69, 9.17) is 6.58 Å². The van der Waals surface area contributed by atoms with Crippen LogP contribution in [0.25, 0.3) is 0 Å². The molecule has 28 heavy (non-hydrogen) atoms. The molecule has 0 aliphatic heterocycles. The summed E-state index contributed by atoms with van der Waals surface area (Å²) >= 11 is 0. The van der Waals surface area contributed by atoms with Crippen molar-refractivity contribution in [3.05, 3.63) is 37.0 Å². The average Bonchev–Trinajstić information content (AvgIpc) is 2.77. The maximum absolute atomic E-state index is 4.79. The lowest BCUT2D eigenvalue weighted by Gasteiger charge is -2.45. The number of hydrogen-bond acceptors (Lipinski definition) is 0. The fourth-order valence-electron chi connectivity index (χ4n) is 6.71. The van der Waals surface area contributed by atoms with E-state index in [2.05, 4.69) is 31.7 Å². The van der Waals surface area contributed by atoms with Crippen molar-refractivity contribution in [1.82, 2.24) is 0 Å². The molecule has 0 bridgehead atoms. The maximum atomic E-state index is 4.79. The summed E-state index contributed by atoms with van der Waals surface area (Å²) in [6.45, 7) is 11.2. The zero-order chi connectivity index (χ0) is 19.8. The van der Waals surface area contributed by atoms with Gasteiger partial charge in [0.2, 0.25) is 0 Å². The van der Waals surface area contributed by atoms with E-state index in [0.717, 1.165) is 23.7 Å². The molecular formula is C28H46. The van der Waals surface area contributed by atoms with Crippen LogP contribution < -0.4 is 0 Å². The van der Waals surface area contributed by atoms with Crippen LogP contribution >= 0.6 is 0 Å². The molecular weight excluding hydrogens is 336 g/mol. The topological polar surface area (TPSA) is 0 Å². The Bertz CT molecular complexity index is 510. The fourth-order valence-corrected chi connectivity index (χ4v) is 6.71. The summed E-state index contributed by atoms with van der Waals surface area (Å²) < 4.78 is 0. The summed E-state index contributed by atoms with van der Waals surface area (Å²) in [5.41, 5.74) is 2.16. The monoisotopic (exact) mass is 382 g/mol. The number of allylic oxidation sites excluding steroid dienone is 4. The Morgan fingerprint density at radius 3 is 2.25 bits per heavy atom. The van der Waals surface area contributed by atoms with Gasteiger partial charge < -0.3 is 0 Å². The largest absolute Gasteiger partial charge is 0.103 e. The van der Waals surface area contributed by atoms with Crippen molar-refractivity contribution in [3.63, 3.8) is 0 Å². The molecule has 0 amide bonds. The standard InChI is InChI=1S/C28H46/c1-4-24-17-19-25(20-18-24)13-7-8-14-26-15-9-10-16-27(26)23(3)28(5-2)21-11-6-12-22-28/h4,7,13,24-27H,1,3,5-6,8-12,14-22H2,2H3/b13-7+. The van der Waals surface area contributed by atoms with Crippen molar-refractivity contribution in [2.45, 2.75) is 110 Å². The predicted octanol–water partition coefficient (Wildman–Crippen LogP) is 9.04. The molecule has 3 fully saturated rings. The number of hydrogen-bond donors (Lipinski definition) is 0. The first-order chi connectivity index (χ1) is 13.7. The highest BCUT2D eigenvalue weighted by Crippen LogP contribution is 2.51. The van der Waals surface area contributed by atoms with Gasteiger partial charge in [0.15, 0.2) is 0 Å². The molecule has 0 heteroatoms. The second kappa shape index (κ2) is 10.8. The third-order valence-corrected chi connectivity index (χ3v) is 8.79. The zero-order valence-corrected chi connectivity index (χ0v) is 18.8. The van der Waals surface area contributed by atoms with Crippen LogP contribution in [0.2, 0.25) is 0 Å². The lowest BCUT2D eigenvalue weighted by Crippen LogP contribution is -2.33. The quantitative estimate of drug-likeness (QED) is 0.367. The Labute approximate surface area is 176 Å². The zero-order valence-electron chi connectivity index (χ0n) is 18.8. The molecule has 2 atom stereocenters. The molecule has 0 nitrogen and oxygen atoms in total. The van der Waals surface area contributed by atoms with Crippen LogP contribution in [0.4, 0.5) is 0 Å². The average molecular weight is 383 g/mol. The van der Waals surface area contributed by atoms with Gasteiger partial charge in [-0.05, 0) is 99.7 Å². The third kappa shape index (κ3) is 5.43. The minimum absolute atomic E-state index is 0.484. The highest BCUT2D eigenvalue weighted by Gasteiger charge is 2.39. The minimum Gasteiger partial charge on any atom is -0.103 e. The van der Waals surface area contributed by atoms with Gasteiger partial charge in [0.25, 0.3) is 0 Å². The van der Waals surface area contributed by atoms with E-state index in [0.29, 0.717) is 5.41 Å². The predicted molar refractivity (Wildman–Crippen MR) is 124 cm³/mol. The summed E-state index contributed by atoms with van der Waals surface area (Å²) in [5.74, 6) is 3.32. The van der Waals surface area contributed by atoms with Gasteiger partial charge in [0.1, 0.15) is 0 Å². The maximum Gasteiger partial charge on any atom is -0.00905 e. The molecule has 2 unspecified atom stereocenters. The Kier molecular flexibility index (Phi) is 8.49. The third-order valence-electron chi connectivity index (χ3n) is 8.79. The van der Waals surface area contributed by atoms with Gasteiger partial charge in [0.05, 0.1) is 0 Å². The first kappa shape index (κ1) is 21.9. The molecule has 0 N–H and O–H groups in total. The van der Waals surface area contributed by atoms with E-state index >= 15 is 0 Å². The van der Waals surface area contributed by atoms with E-state index in [1.165, 1.54) is 103 Å².